The third kappa shape index (κ3) is 7.14. The summed E-state index contributed by atoms with van der Waals surface area (Å²) in [4.78, 5) is 31.2. The topological polar surface area (TPSA) is 97.6 Å². The second kappa shape index (κ2) is 11.2. The molecule has 2 unspecified atom stereocenters. The Bertz CT molecular complexity index is 971. The van der Waals surface area contributed by atoms with Gasteiger partial charge in [-0.05, 0) is 69.1 Å². The first-order chi connectivity index (χ1) is 15.4. The van der Waals surface area contributed by atoms with Crippen molar-refractivity contribution in [2.24, 2.45) is 10.9 Å². The molecule has 1 aliphatic carbocycles. The van der Waals surface area contributed by atoms with Crippen molar-refractivity contribution in [1.29, 1.82) is 5.26 Å². The summed E-state index contributed by atoms with van der Waals surface area (Å²) in [7, 11) is 3.86. The van der Waals surface area contributed by atoms with Crippen LogP contribution in [-0.4, -0.2) is 48.0 Å². The second-order valence-corrected chi connectivity index (χ2v) is 9.37. The second-order valence-electron chi connectivity index (χ2n) is 8.31. The Kier molecular flexibility index (Phi) is 8.37. The monoisotopic (exact) mass is 497 g/mol. The predicted molar refractivity (Wildman–Crippen MR) is 129 cm³/mol. The van der Waals surface area contributed by atoms with Crippen LogP contribution in [0.2, 0.25) is 0 Å². The molecule has 2 aliphatic rings. The van der Waals surface area contributed by atoms with Gasteiger partial charge < -0.3 is 15.5 Å². The van der Waals surface area contributed by atoms with Crippen molar-refractivity contribution in [3.63, 3.8) is 0 Å². The SMILES string of the molecule is CN(C)CCC(=O)Nc1ccc(C(NC(=O)/C(C#N)=C/C2=NC(Br)CC=C2)C2CC2)cc1. The normalized spacial score (nSPS) is 19.2. The van der Waals surface area contributed by atoms with Crippen LogP contribution in [0.1, 0.15) is 37.3 Å². The molecule has 1 aliphatic heterocycles. The van der Waals surface area contributed by atoms with Crippen molar-refractivity contribution < 1.29 is 9.59 Å². The third-order valence-electron chi connectivity index (χ3n) is 5.29. The van der Waals surface area contributed by atoms with E-state index in [1.807, 2.05) is 61.5 Å². The minimum atomic E-state index is -0.404. The zero-order chi connectivity index (χ0) is 23.1. The van der Waals surface area contributed by atoms with E-state index in [1.165, 1.54) is 6.08 Å². The summed E-state index contributed by atoms with van der Waals surface area (Å²) in [5, 5.41) is 15.4. The molecule has 2 N–H and O–H groups in total. The number of nitrogens with zero attached hydrogens (tertiary/aromatic N) is 3. The molecule has 2 atom stereocenters. The number of nitrogens with one attached hydrogen (secondary N) is 2. The highest BCUT2D eigenvalue weighted by atomic mass is 79.9. The minimum Gasteiger partial charge on any atom is -0.344 e. The molecule has 0 radical (unpaired) electrons. The summed E-state index contributed by atoms with van der Waals surface area (Å²) in [6.45, 7) is 0.687. The van der Waals surface area contributed by atoms with Crippen LogP contribution in [0.15, 0.2) is 53.1 Å². The number of nitriles is 1. The van der Waals surface area contributed by atoms with Gasteiger partial charge in [-0.2, -0.15) is 5.26 Å². The standard InChI is InChI=1S/C24H28BrN5O2/c1-30(2)13-12-22(31)28-19-10-8-17(9-11-19)23(16-6-7-16)29-24(32)18(15-26)14-20-4-3-5-21(25)27-20/h3-4,8-11,14,16,21,23H,5-7,12-13H2,1-2H3,(H,28,31)(H,29,32)/b18-14+. The van der Waals surface area contributed by atoms with Gasteiger partial charge >= 0.3 is 0 Å². The quantitative estimate of drug-likeness (QED) is 0.235. The first-order valence-corrected chi connectivity index (χ1v) is 11.6. The van der Waals surface area contributed by atoms with Gasteiger partial charge in [0, 0.05) is 18.7 Å². The van der Waals surface area contributed by atoms with Crippen molar-refractivity contribution in [2.45, 2.75) is 36.7 Å². The molecule has 0 aromatic heterocycles. The number of benzene rings is 1. The lowest BCUT2D eigenvalue weighted by molar-refractivity contribution is -0.118. The van der Waals surface area contributed by atoms with E-state index in [2.05, 4.69) is 31.6 Å². The van der Waals surface area contributed by atoms with Crippen molar-refractivity contribution >= 4 is 39.1 Å². The fourth-order valence-corrected chi connectivity index (χ4v) is 3.84. The maximum absolute atomic E-state index is 12.8. The van der Waals surface area contributed by atoms with Crippen LogP contribution in [0.4, 0.5) is 5.69 Å². The fourth-order valence-electron chi connectivity index (χ4n) is 3.38. The number of carbonyl (C=O) groups is 2. The van der Waals surface area contributed by atoms with Gasteiger partial charge in [-0.3, -0.25) is 14.6 Å². The van der Waals surface area contributed by atoms with E-state index in [0.717, 1.165) is 30.5 Å². The largest absolute Gasteiger partial charge is 0.344 e. The first kappa shape index (κ1) is 23.9. The Morgan fingerprint density at radius 2 is 2.03 bits per heavy atom. The molecule has 1 aromatic carbocycles. The molecule has 0 spiro atoms. The number of halogens is 1. The Morgan fingerprint density at radius 3 is 2.62 bits per heavy atom. The average Bonchev–Trinajstić information content (AvgIpc) is 3.60. The van der Waals surface area contributed by atoms with Crippen LogP contribution in [0, 0.1) is 17.2 Å². The number of hydrogen-bond donors (Lipinski definition) is 2. The van der Waals surface area contributed by atoms with Crippen molar-refractivity contribution in [1.82, 2.24) is 10.2 Å². The molecule has 3 rings (SSSR count). The lowest BCUT2D eigenvalue weighted by atomic mass is 10.0. The molecule has 7 nitrogen and oxygen atoms in total. The third-order valence-corrected chi connectivity index (χ3v) is 5.86. The van der Waals surface area contributed by atoms with Gasteiger partial charge in [-0.25, -0.2) is 0 Å². The maximum Gasteiger partial charge on any atom is 0.262 e. The zero-order valence-corrected chi connectivity index (χ0v) is 19.9. The Balaban J connectivity index is 1.66. The Labute approximate surface area is 197 Å². The van der Waals surface area contributed by atoms with E-state index in [-0.39, 0.29) is 22.5 Å². The van der Waals surface area contributed by atoms with Crippen LogP contribution >= 0.6 is 15.9 Å². The van der Waals surface area contributed by atoms with E-state index in [0.29, 0.717) is 24.6 Å². The molecule has 8 heteroatoms. The molecule has 168 valence electrons. The van der Waals surface area contributed by atoms with E-state index in [1.54, 1.807) is 0 Å². The number of amides is 2. The summed E-state index contributed by atoms with van der Waals surface area (Å²) in [6.07, 6.45) is 8.55. The van der Waals surface area contributed by atoms with E-state index in [9.17, 15) is 14.9 Å². The molecule has 1 saturated carbocycles. The molecule has 1 fully saturated rings. The molecular formula is C24H28BrN5O2. The molecule has 0 bridgehead atoms. The van der Waals surface area contributed by atoms with Gasteiger partial charge in [-0.1, -0.05) is 34.1 Å². The number of alkyl halides is 1. The van der Waals surface area contributed by atoms with Crippen molar-refractivity contribution in [3.8, 4) is 6.07 Å². The van der Waals surface area contributed by atoms with Crippen molar-refractivity contribution in [2.75, 3.05) is 26.0 Å². The van der Waals surface area contributed by atoms with Crippen LogP contribution in [0.3, 0.4) is 0 Å². The number of hydrogen-bond acceptors (Lipinski definition) is 5. The van der Waals surface area contributed by atoms with Crippen LogP contribution in [0.25, 0.3) is 0 Å². The van der Waals surface area contributed by atoms with Gasteiger partial charge in [0.1, 0.15) is 16.6 Å². The number of aliphatic imine (C=N–C) groups is 1. The number of rotatable bonds is 9. The Hall–Kier alpha value is -2.76. The van der Waals surface area contributed by atoms with Crippen LogP contribution < -0.4 is 10.6 Å². The van der Waals surface area contributed by atoms with Gasteiger partial charge in [0.25, 0.3) is 5.91 Å². The summed E-state index contributed by atoms with van der Waals surface area (Å²) in [6, 6.07) is 9.37. The van der Waals surface area contributed by atoms with Gasteiger partial charge in [0.15, 0.2) is 0 Å². The van der Waals surface area contributed by atoms with E-state index >= 15 is 0 Å². The minimum absolute atomic E-state index is 0.0328. The summed E-state index contributed by atoms with van der Waals surface area (Å²) < 4.78 is 0. The van der Waals surface area contributed by atoms with Gasteiger partial charge in [-0.15, -0.1) is 0 Å². The summed E-state index contributed by atoms with van der Waals surface area (Å²) in [5.41, 5.74) is 2.31. The molecule has 1 aromatic rings. The molecule has 0 saturated heterocycles. The highest BCUT2D eigenvalue weighted by Gasteiger charge is 2.34. The highest BCUT2D eigenvalue weighted by Crippen LogP contribution is 2.41. The summed E-state index contributed by atoms with van der Waals surface area (Å²) >= 11 is 3.43. The smallest absolute Gasteiger partial charge is 0.262 e. The first-order valence-electron chi connectivity index (χ1n) is 10.7. The molecular weight excluding hydrogens is 470 g/mol. The predicted octanol–water partition coefficient (Wildman–Crippen LogP) is 3.72. The van der Waals surface area contributed by atoms with E-state index in [4.69, 9.17) is 0 Å². The zero-order valence-electron chi connectivity index (χ0n) is 18.3. The van der Waals surface area contributed by atoms with Crippen LogP contribution in [-0.2, 0) is 9.59 Å². The Morgan fingerprint density at radius 1 is 1.31 bits per heavy atom. The van der Waals surface area contributed by atoms with Gasteiger partial charge in [0.2, 0.25) is 5.91 Å². The maximum atomic E-state index is 12.8. The van der Waals surface area contributed by atoms with Gasteiger partial charge in [0.05, 0.1) is 11.8 Å². The molecule has 32 heavy (non-hydrogen) atoms. The lowest BCUT2D eigenvalue weighted by Gasteiger charge is -2.19. The highest BCUT2D eigenvalue weighted by molar-refractivity contribution is 9.09. The van der Waals surface area contributed by atoms with E-state index < -0.39 is 5.91 Å². The molecule has 2 amide bonds. The van der Waals surface area contributed by atoms with Crippen LogP contribution in [0.5, 0.6) is 0 Å². The van der Waals surface area contributed by atoms with Crippen molar-refractivity contribution in [3.05, 3.63) is 53.6 Å². The number of anilines is 1. The molecule has 1 heterocycles. The number of carbonyl (C=O) groups excluding carboxylic acids is 2. The summed E-state index contributed by atoms with van der Waals surface area (Å²) in [5.74, 6) is -0.0933. The lowest BCUT2D eigenvalue weighted by Crippen LogP contribution is -2.31. The number of allylic oxidation sites excluding steroid dienone is 2. The number of dihydropyridines is 1. The fraction of sp³-hybridized carbons (Fsp3) is 0.417. The average molecular weight is 498 g/mol.